The lowest BCUT2D eigenvalue weighted by Crippen LogP contribution is -2.36. The van der Waals surface area contributed by atoms with E-state index in [2.05, 4.69) is 5.32 Å². The Balaban J connectivity index is 2.41. The van der Waals surface area contributed by atoms with Gasteiger partial charge in [-0.15, -0.1) is 0 Å². The number of carbonyl (C=O) groups excluding carboxylic acids is 1. The van der Waals surface area contributed by atoms with Crippen molar-refractivity contribution in [1.82, 2.24) is 5.32 Å². The molecule has 104 valence electrons. The van der Waals surface area contributed by atoms with E-state index in [0.29, 0.717) is 18.8 Å². The van der Waals surface area contributed by atoms with Crippen LogP contribution in [-0.2, 0) is 9.59 Å². The highest BCUT2D eigenvalue weighted by molar-refractivity contribution is 5.76. The first kappa shape index (κ1) is 15.0. The van der Waals surface area contributed by atoms with Crippen LogP contribution in [0.25, 0.3) is 0 Å². The second-order valence-corrected chi connectivity index (χ2v) is 5.29. The predicted molar refractivity (Wildman–Crippen MR) is 70.3 cm³/mol. The van der Waals surface area contributed by atoms with Crippen LogP contribution in [0.4, 0.5) is 0 Å². The van der Waals surface area contributed by atoms with Gasteiger partial charge in [-0.05, 0) is 18.8 Å². The molecule has 0 spiro atoms. The molecule has 1 atom stereocenters. The molecule has 0 aromatic rings. The number of hydrogen-bond acceptors (Lipinski definition) is 2. The molecule has 1 fully saturated rings. The van der Waals surface area contributed by atoms with E-state index < -0.39 is 5.97 Å². The summed E-state index contributed by atoms with van der Waals surface area (Å²) < 4.78 is 0. The van der Waals surface area contributed by atoms with Crippen molar-refractivity contribution >= 4 is 11.9 Å². The van der Waals surface area contributed by atoms with Gasteiger partial charge in [-0.25, -0.2) is 0 Å². The summed E-state index contributed by atoms with van der Waals surface area (Å²) in [5.41, 5.74) is 0. The Morgan fingerprint density at radius 1 is 1.28 bits per heavy atom. The van der Waals surface area contributed by atoms with Crippen LogP contribution < -0.4 is 5.32 Å². The largest absolute Gasteiger partial charge is 0.481 e. The maximum absolute atomic E-state index is 11.5. The fraction of sp³-hybridized carbons (Fsp3) is 0.857. The summed E-state index contributed by atoms with van der Waals surface area (Å²) in [5, 5.41) is 11.7. The Bertz CT molecular complexity index is 272. The molecule has 0 heterocycles. The Morgan fingerprint density at radius 2 is 1.94 bits per heavy atom. The molecule has 0 aliphatic heterocycles. The molecule has 1 unspecified atom stereocenters. The van der Waals surface area contributed by atoms with Gasteiger partial charge in [0, 0.05) is 18.9 Å². The molecule has 0 saturated heterocycles. The molecule has 4 nitrogen and oxygen atoms in total. The van der Waals surface area contributed by atoms with Crippen LogP contribution in [0.1, 0.15) is 64.7 Å². The Morgan fingerprint density at radius 3 is 2.50 bits per heavy atom. The monoisotopic (exact) mass is 255 g/mol. The SMILES string of the molecule is CCC(=O)NC(CCC(=O)O)CC1CCCCC1. The number of hydrogen-bond donors (Lipinski definition) is 2. The van der Waals surface area contributed by atoms with Crippen LogP contribution in [0.15, 0.2) is 0 Å². The van der Waals surface area contributed by atoms with Crippen LogP contribution in [0.2, 0.25) is 0 Å². The molecule has 0 bridgehead atoms. The van der Waals surface area contributed by atoms with Gasteiger partial charge in [-0.1, -0.05) is 39.0 Å². The Hall–Kier alpha value is -1.06. The molecule has 1 amide bonds. The quantitative estimate of drug-likeness (QED) is 0.735. The first-order chi connectivity index (χ1) is 8.61. The minimum atomic E-state index is -0.783. The van der Waals surface area contributed by atoms with Gasteiger partial charge < -0.3 is 10.4 Å². The third kappa shape index (κ3) is 6.03. The number of carbonyl (C=O) groups is 2. The first-order valence-corrected chi connectivity index (χ1v) is 7.13. The summed E-state index contributed by atoms with van der Waals surface area (Å²) in [6.45, 7) is 1.82. The number of carboxylic acid groups (broad SMARTS) is 1. The zero-order valence-electron chi connectivity index (χ0n) is 11.3. The van der Waals surface area contributed by atoms with Crippen LogP contribution >= 0.6 is 0 Å². The van der Waals surface area contributed by atoms with Crippen LogP contribution in [0, 0.1) is 5.92 Å². The van der Waals surface area contributed by atoms with E-state index in [-0.39, 0.29) is 18.4 Å². The predicted octanol–water partition coefficient (Wildman–Crippen LogP) is 2.72. The average molecular weight is 255 g/mol. The van der Waals surface area contributed by atoms with E-state index in [1.165, 1.54) is 32.1 Å². The summed E-state index contributed by atoms with van der Waals surface area (Å²) in [6.07, 6.45) is 8.43. The Labute approximate surface area is 109 Å². The summed E-state index contributed by atoms with van der Waals surface area (Å²) in [6, 6.07) is 0.0386. The van der Waals surface area contributed by atoms with E-state index in [1.54, 1.807) is 0 Å². The van der Waals surface area contributed by atoms with Crippen LogP contribution in [0.5, 0.6) is 0 Å². The number of rotatable bonds is 7. The normalized spacial score (nSPS) is 18.3. The zero-order valence-corrected chi connectivity index (χ0v) is 11.3. The lowest BCUT2D eigenvalue weighted by Gasteiger charge is -2.27. The summed E-state index contributed by atoms with van der Waals surface area (Å²) in [4.78, 5) is 22.1. The standard InChI is InChI=1S/C14H25NO3/c1-2-13(16)15-12(8-9-14(17)18)10-11-6-4-3-5-7-11/h11-12H,2-10H2,1H3,(H,15,16)(H,17,18). The fourth-order valence-corrected chi connectivity index (χ4v) is 2.70. The number of amides is 1. The van der Waals surface area contributed by atoms with Gasteiger partial charge in [0.1, 0.15) is 0 Å². The van der Waals surface area contributed by atoms with E-state index in [9.17, 15) is 9.59 Å². The molecule has 0 radical (unpaired) electrons. The minimum Gasteiger partial charge on any atom is -0.481 e. The smallest absolute Gasteiger partial charge is 0.303 e. The molecule has 18 heavy (non-hydrogen) atoms. The molecule has 4 heteroatoms. The zero-order chi connectivity index (χ0) is 13.4. The van der Waals surface area contributed by atoms with Gasteiger partial charge in [0.25, 0.3) is 0 Å². The summed E-state index contributed by atoms with van der Waals surface area (Å²) in [7, 11) is 0. The average Bonchev–Trinajstić information content (AvgIpc) is 2.37. The maximum Gasteiger partial charge on any atom is 0.303 e. The van der Waals surface area contributed by atoms with Crippen LogP contribution in [-0.4, -0.2) is 23.0 Å². The fourth-order valence-electron chi connectivity index (χ4n) is 2.70. The molecule has 1 aliphatic carbocycles. The van der Waals surface area contributed by atoms with Crippen molar-refractivity contribution in [1.29, 1.82) is 0 Å². The van der Waals surface area contributed by atoms with Crippen molar-refractivity contribution in [2.45, 2.75) is 70.8 Å². The molecular weight excluding hydrogens is 230 g/mol. The third-order valence-electron chi connectivity index (χ3n) is 3.74. The molecule has 1 saturated carbocycles. The van der Waals surface area contributed by atoms with Crippen molar-refractivity contribution < 1.29 is 14.7 Å². The highest BCUT2D eigenvalue weighted by atomic mass is 16.4. The first-order valence-electron chi connectivity index (χ1n) is 7.13. The Kier molecular flexibility index (Phi) is 6.76. The van der Waals surface area contributed by atoms with Gasteiger partial charge in [0.15, 0.2) is 0 Å². The van der Waals surface area contributed by atoms with Gasteiger partial charge in [0.05, 0.1) is 0 Å². The van der Waals surface area contributed by atoms with Crippen molar-refractivity contribution in [3.8, 4) is 0 Å². The lowest BCUT2D eigenvalue weighted by atomic mass is 9.84. The summed E-state index contributed by atoms with van der Waals surface area (Å²) >= 11 is 0. The minimum absolute atomic E-state index is 0.0289. The number of nitrogens with one attached hydrogen (secondary N) is 1. The number of aliphatic carboxylic acids is 1. The maximum atomic E-state index is 11.5. The molecule has 2 N–H and O–H groups in total. The van der Waals surface area contributed by atoms with Crippen molar-refractivity contribution in [3.05, 3.63) is 0 Å². The highest BCUT2D eigenvalue weighted by Crippen LogP contribution is 2.28. The highest BCUT2D eigenvalue weighted by Gasteiger charge is 2.20. The van der Waals surface area contributed by atoms with E-state index in [4.69, 9.17) is 5.11 Å². The molecule has 1 rings (SSSR count). The third-order valence-corrected chi connectivity index (χ3v) is 3.74. The number of carboxylic acids is 1. The van der Waals surface area contributed by atoms with Gasteiger partial charge in [0.2, 0.25) is 5.91 Å². The molecular formula is C14H25NO3. The van der Waals surface area contributed by atoms with Crippen molar-refractivity contribution in [2.75, 3.05) is 0 Å². The molecule has 0 aromatic heterocycles. The molecule has 0 aromatic carbocycles. The van der Waals surface area contributed by atoms with Gasteiger partial charge in [-0.2, -0.15) is 0 Å². The second kappa shape index (κ2) is 8.11. The lowest BCUT2D eigenvalue weighted by molar-refractivity contribution is -0.137. The van der Waals surface area contributed by atoms with Gasteiger partial charge >= 0.3 is 5.97 Å². The van der Waals surface area contributed by atoms with E-state index in [0.717, 1.165) is 6.42 Å². The van der Waals surface area contributed by atoms with Crippen LogP contribution in [0.3, 0.4) is 0 Å². The van der Waals surface area contributed by atoms with E-state index >= 15 is 0 Å². The van der Waals surface area contributed by atoms with Crippen molar-refractivity contribution in [2.24, 2.45) is 5.92 Å². The van der Waals surface area contributed by atoms with E-state index in [1.807, 2.05) is 6.92 Å². The summed E-state index contributed by atoms with van der Waals surface area (Å²) in [5.74, 6) is -0.0923. The topological polar surface area (TPSA) is 66.4 Å². The second-order valence-electron chi connectivity index (χ2n) is 5.29. The van der Waals surface area contributed by atoms with Gasteiger partial charge in [-0.3, -0.25) is 9.59 Å². The molecule has 1 aliphatic rings. The van der Waals surface area contributed by atoms with Crippen molar-refractivity contribution in [3.63, 3.8) is 0 Å².